The molecule has 4 heterocycles. The molecule has 1 atom stereocenters. The first-order chi connectivity index (χ1) is 22.5. The van der Waals surface area contributed by atoms with E-state index in [-0.39, 0.29) is 12.1 Å². The molecular weight excluding hydrogens is 580 g/mol. The molecule has 13 heteroatoms. The van der Waals surface area contributed by atoms with E-state index in [1.54, 1.807) is 34.4 Å². The lowest BCUT2D eigenvalue weighted by atomic mass is 10.0. The van der Waals surface area contributed by atoms with Crippen molar-refractivity contribution in [1.82, 2.24) is 40.0 Å². The Morgan fingerprint density at radius 2 is 1.89 bits per heavy atom. The van der Waals surface area contributed by atoms with E-state index in [2.05, 4.69) is 54.0 Å². The number of urea groups is 1. The number of carbonyl (C=O) groups excluding carboxylic acids is 1. The number of nitriles is 1. The number of hydrogen-bond acceptors (Lipinski definition) is 9. The number of benzene rings is 1. The van der Waals surface area contributed by atoms with Crippen LogP contribution >= 0.6 is 0 Å². The van der Waals surface area contributed by atoms with Crippen LogP contribution in [-0.4, -0.2) is 53.3 Å². The third kappa shape index (κ3) is 8.44. The fraction of sp³-hybridized carbons (Fsp3) is 0.303. The zero-order valence-electron chi connectivity index (χ0n) is 26.0. The van der Waals surface area contributed by atoms with Gasteiger partial charge in [0.15, 0.2) is 0 Å². The maximum atomic E-state index is 13.8. The van der Waals surface area contributed by atoms with Crippen molar-refractivity contribution in [1.29, 1.82) is 5.26 Å². The van der Waals surface area contributed by atoms with Gasteiger partial charge in [-0.15, -0.1) is 0 Å². The van der Waals surface area contributed by atoms with Crippen molar-refractivity contribution in [3.05, 3.63) is 96.6 Å². The number of rotatable bonds is 15. The summed E-state index contributed by atoms with van der Waals surface area (Å²) in [5, 5.41) is 23.3. The zero-order chi connectivity index (χ0) is 32.1. The molecule has 0 aliphatic heterocycles. The van der Waals surface area contributed by atoms with Crippen LogP contribution in [0.1, 0.15) is 49.6 Å². The summed E-state index contributed by atoms with van der Waals surface area (Å²) < 4.78 is 1.75. The number of anilines is 3. The minimum absolute atomic E-state index is 0.0910. The fourth-order valence-electron chi connectivity index (χ4n) is 5.10. The Labute approximate surface area is 268 Å². The molecule has 46 heavy (non-hydrogen) atoms. The maximum Gasteiger partial charge on any atom is 0.323 e. The van der Waals surface area contributed by atoms with E-state index in [1.165, 1.54) is 6.20 Å². The number of aromatic nitrogens is 7. The number of aryl methyl sites for hydroxylation is 1. The number of aromatic amines is 1. The Bertz CT molecular complexity index is 1710. The molecule has 0 saturated carbocycles. The molecule has 0 spiro atoms. The Balaban J connectivity index is 1.27. The quantitative estimate of drug-likeness (QED) is 0.115. The van der Waals surface area contributed by atoms with Crippen LogP contribution in [0.15, 0.2) is 79.6 Å². The van der Waals surface area contributed by atoms with Crippen LogP contribution in [-0.2, 0) is 20.1 Å². The summed E-state index contributed by atoms with van der Waals surface area (Å²) in [7, 11) is 1.88. The lowest BCUT2D eigenvalue weighted by Crippen LogP contribution is -2.47. The van der Waals surface area contributed by atoms with Gasteiger partial charge in [-0.1, -0.05) is 43.7 Å². The number of amides is 2. The normalized spacial score (nSPS) is 11.4. The predicted octanol–water partition coefficient (Wildman–Crippen LogP) is 5.26. The Kier molecular flexibility index (Phi) is 10.9. The first-order valence-electron chi connectivity index (χ1n) is 15.3. The molecule has 0 unspecified atom stereocenters. The van der Waals surface area contributed by atoms with Gasteiger partial charge in [-0.25, -0.2) is 19.7 Å². The van der Waals surface area contributed by atoms with Crippen molar-refractivity contribution in [3.8, 4) is 17.2 Å². The number of carbonyl (C=O) groups is 1. The van der Waals surface area contributed by atoms with Gasteiger partial charge in [-0.2, -0.15) is 15.3 Å². The molecule has 236 valence electrons. The van der Waals surface area contributed by atoms with Crippen molar-refractivity contribution < 1.29 is 4.79 Å². The molecule has 0 bridgehead atoms. The smallest absolute Gasteiger partial charge is 0.323 e. The minimum atomic E-state index is -0.195. The van der Waals surface area contributed by atoms with Gasteiger partial charge in [-0.05, 0) is 37.0 Å². The molecule has 1 aromatic carbocycles. The lowest BCUT2D eigenvalue weighted by Gasteiger charge is -2.31. The molecule has 4 aromatic heterocycles. The molecule has 4 N–H and O–H groups in total. The summed E-state index contributed by atoms with van der Waals surface area (Å²) in [6, 6.07) is 15.6. The lowest BCUT2D eigenvalue weighted by molar-refractivity contribution is 0.242. The molecular formula is C33H38N12O. The van der Waals surface area contributed by atoms with E-state index in [0.29, 0.717) is 42.8 Å². The second-order valence-corrected chi connectivity index (χ2v) is 10.8. The molecule has 5 aromatic rings. The van der Waals surface area contributed by atoms with Crippen molar-refractivity contribution in [2.45, 2.75) is 51.7 Å². The van der Waals surface area contributed by atoms with Crippen molar-refractivity contribution in [3.63, 3.8) is 0 Å². The van der Waals surface area contributed by atoms with Crippen LogP contribution < -0.4 is 20.9 Å². The van der Waals surface area contributed by atoms with E-state index in [0.717, 1.165) is 48.2 Å². The number of hydrogen-bond donors (Lipinski definition) is 4. The van der Waals surface area contributed by atoms with E-state index in [9.17, 15) is 10.1 Å². The Hall–Kier alpha value is -5.77. The molecule has 0 fully saturated rings. The van der Waals surface area contributed by atoms with Crippen molar-refractivity contribution >= 4 is 23.6 Å². The standard InChI is InChI=1S/C33H38N12O/c1-3-8-28(11-7-14-37-32-40-20-26(17-34)31(43-32)39-22-29-35-15-16-36-29)45(33(46)41-18-24-9-5-4-6-10-24)30-13-12-25(19-38-30)27-21-42-44(2)23-27/h4-6,9-10,12-13,15-16,19-21,23,28H,3,7-8,11,14,18,22H2,1-2H3,(H,35,36)(H,41,46)(H2,37,39,40,43)/t28-/m0/s1. The number of nitrogens with one attached hydrogen (secondary N) is 4. The van der Waals surface area contributed by atoms with Crippen LogP contribution in [0.3, 0.4) is 0 Å². The Morgan fingerprint density at radius 3 is 2.59 bits per heavy atom. The van der Waals surface area contributed by atoms with Gasteiger partial charge in [-0.3, -0.25) is 9.58 Å². The SMILES string of the molecule is CCC[C@@H](CCCNc1ncc(C#N)c(NCc2ncc[nH]2)n1)N(C(=O)NCc1ccccc1)c1ccc(-c2cnn(C)c2)cn1. The van der Waals surface area contributed by atoms with E-state index >= 15 is 0 Å². The van der Waals surface area contributed by atoms with E-state index in [4.69, 9.17) is 4.98 Å². The van der Waals surface area contributed by atoms with Gasteiger partial charge in [0.1, 0.15) is 29.1 Å². The van der Waals surface area contributed by atoms with Gasteiger partial charge in [0, 0.05) is 62.1 Å². The fourth-order valence-corrected chi connectivity index (χ4v) is 5.10. The average molecular weight is 619 g/mol. The average Bonchev–Trinajstić information content (AvgIpc) is 3.78. The zero-order valence-corrected chi connectivity index (χ0v) is 26.0. The second kappa shape index (κ2) is 15.8. The van der Waals surface area contributed by atoms with Gasteiger partial charge in [0.25, 0.3) is 0 Å². The van der Waals surface area contributed by atoms with Crippen molar-refractivity contribution in [2.75, 3.05) is 22.1 Å². The van der Waals surface area contributed by atoms with Crippen LogP contribution in [0.5, 0.6) is 0 Å². The summed E-state index contributed by atoms with van der Waals surface area (Å²) in [5.74, 6) is 2.17. The first kappa shape index (κ1) is 31.6. The van der Waals surface area contributed by atoms with Gasteiger partial charge in [0.05, 0.1) is 18.9 Å². The highest BCUT2D eigenvalue weighted by atomic mass is 16.2. The first-order valence-corrected chi connectivity index (χ1v) is 15.3. The number of imidazole rings is 1. The molecule has 13 nitrogen and oxygen atoms in total. The largest absolute Gasteiger partial charge is 0.362 e. The van der Waals surface area contributed by atoms with Gasteiger partial charge in [0.2, 0.25) is 5.95 Å². The highest BCUT2D eigenvalue weighted by molar-refractivity contribution is 5.91. The summed E-state index contributed by atoms with van der Waals surface area (Å²) in [6.07, 6.45) is 13.6. The third-order valence-corrected chi connectivity index (χ3v) is 7.41. The van der Waals surface area contributed by atoms with Crippen molar-refractivity contribution in [2.24, 2.45) is 7.05 Å². The molecule has 0 aliphatic carbocycles. The molecule has 0 radical (unpaired) electrons. The Morgan fingerprint density at radius 1 is 1.02 bits per heavy atom. The minimum Gasteiger partial charge on any atom is -0.362 e. The molecule has 0 saturated heterocycles. The monoisotopic (exact) mass is 618 g/mol. The third-order valence-electron chi connectivity index (χ3n) is 7.41. The summed E-state index contributed by atoms with van der Waals surface area (Å²) in [6.45, 7) is 3.51. The summed E-state index contributed by atoms with van der Waals surface area (Å²) in [4.78, 5) is 36.3. The maximum absolute atomic E-state index is 13.8. The van der Waals surface area contributed by atoms with E-state index < -0.39 is 0 Å². The predicted molar refractivity (Wildman–Crippen MR) is 177 cm³/mol. The topological polar surface area (TPSA) is 165 Å². The molecule has 0 aliphatic rings. The molecule has 2 amide bonds. The van der Waals surface area contributed by atoms with Crippen LogP contribution in [0.25, 0.3) is 11.1 Å². The molecule has 5 rings (SSSR count). The van der Waals surface area contributed by atoms with E-state index in [1.807, 2.05) is 55.7 Å². The van der Waals surface area contributed by atoms with Gasteiger partial charge >= 0.3 is 6.03 Å². The highest BCUT2D eigenvalue weighted by Crippen LogP contribution is 2.25. The second-order valence-electron chi connectivity index (χ2n) is 10.8. The number of pyridine rings is 1. The van der Waals surface area contributed by atoms with Crippen LogP contribution in [0.4, 0.5) is 22.4 Å². The highest BCUT2D eigenvalue weighted by Gasteiger charge is 2.26. The summed E-state index contributed by atoms with van der Waals surface area (Å²) >= 11 is 0. The van der Waals surface area contributed by atoms with Crippen LogP contribution in [0, 0.1) is 11.3 Å². The van der Waals surface area contributed by atoms with Crippen LogP contribution in [0.2, 0.25) is 0 Å². The summed E-state index contributed by atoms with van der Waals surface area (Å²) in [5.41, 5.74) is 3.26. The number of nitrogens with zero attached hydrogens (tertiary/aromatic N) is 8. The van der Waals surface area contributed by atoms with Gasteiger partial charge < -0.3 is 20.9 Å². The number of H-pyrrole nitrogens is 1.